The van der Waals surface area contributed by atoms with E-state index in [0.717, 1.165) is 18.0 Å². The zero-order chi connectivity index (χ0) is 12.1. The van der Waals surface area contributed by atoms with Crippen LogP contribution < -0.4 is 10.1 Å². The Morgan fingerprint density at radius 3 is 3.18 bits per heavy atom. The number of aromatic nitrogens is 1. The van der Waals surface area contributed by atoms with Crippen molar-refractivity contribution in [1.82, 2.24) is 10.3 Å². The van der Waals surface area contributed by atoms with Crippen LogP contribution >= 0.6 is 11.6 Å². The Hall–Kier alpha value is -0.800. The zero-order valence-electron chi connectivity index (χ0n) is 10.2. The van der Waals surface area contributed by atoms with Crippen LogP contribution in [0.2, 0.25) is 0 Å². The Kier molecular flexibility index (Phi) is 4.63. The van der Waals surface area contributed by atoms with Gasteiger partial charge in [-0.1, -0.05) is 12.5 Å². The van der Waals surface area contributed by atoms with E-state index in [1.165, 1.54) is 19.3 Å². The summed E-state index contributed by atoms with van der Waals surface area (Å²) in [5.74, 6) is 2.07. The second-order valence-corrected chi connectivity index (χ2v) is 4.81. The minimum absolute atomic E-state index is 0.539. The molecule has 0 spiro atoms. The molecule has 1 saturated carbocycles. The summed E-state index contributed by atoms with van der Waals surface area (Å²) in [5.41, 5.74) is 1.11. The van der Waals surface area contributed by atoms with Gasteiger partial charge in [-0.05, 0) is 24.8 Å². The standard InChI is InChI=1S/C13H19ClN2O/c1-17-13-11(5-3-7-15-13)9-16-12-6-2-4-10(12)8-14/h3,5,7,10,12,16H,2,4,6,8-9H2,1H3. The lowest BCUT2D eigenvalue weighted by Crippen LogP contribution is -2.32. The van der Waals surface area contributed by atoms with Gasteiger partial charge in [-0.25, -0.2) is 4.98 Å². The summed E-state index contributed by atoms with van der Waals surface area (Å²) >= 11 is 5.97. The molecule has 2 rings (SSSR count). The van der Waals surface area contributed by atoms with E-state index in [2.05, 4.69) is 10.3 Å². The Morgan fingerprint density at radius 2 is 2.41 bits per heavy atom. The maximum absolute atomic E-state index is 5.97. The third-order valence-electron chi connectivity index (χ3n) is 3.46. The maximum Gasteiger partial charge on any atom is 0.217 e. The molecule has 2 atom stereocenters. The highest BCUT2D eigenvalue weighted by molar-refractivity contribution is 6.18. The molecule has 94 valence electrons. The fourth-order valence-electron chi connectivity index (χ4n) is 2.47. The van der Waals surface area contributed by atoms with Crippen molar-refractivity contribution in [3.05, 3.63) is 23.9 Å². The first-order chi connectivity index (χ1) is 8.35. The SMILES string of the molecule is COc1ncccc1CNC1CCCC1CCl. The molecular weight excluding hydrogens is 236 g/mol. The van der Waals surface area contributed by atoms with Crippen molar-refractivity contribution in [2.45, 2.75) is 31.8 Å². The fourth-order valence-corrected chi connectivity index (χ4v) is 2.84. The molecule has 0 bridgehead atoms. The first-order valence-corrected chi connectivity index (χ1v) is 6.66. The first-order valence-electron chi connectivity index (χ1n) is 6.12. The monoisotopic (exact) mass is 254 g/mol. The van der Waals surface area contributed by atoms with Crippen LogP contribution in [0, 0.1) is 5.92 Å². The summed E-state index contributed by atoms with van der Waals surface area (Å²) in [5, 5.41) is 3.57. The van der Waals surface area contributed by atoms with Gasteiger partial charge in [0.05, 0.1) is 7.11 Å². The average molecular weight is 255 g/mol. The molecule has 0 radical (unpaired) electrons. The lowest BCUT2D eigenvalue weighted by molar-refractivity contribution is 0.382. The highest BCUT2D eigenvalue weighted by atomic mass is 35.5. The fraction of sp³-hybridized carbons (Fsp3) is 0.615. The Balaban J connectivity index is 1.93. The second-order valence-electron chi connectivity index (χ2n) is 4.50. The molecule has 1 aliphatic rings. The van der Waals surface area contributed by atoms with Gasteiger partial charge in [-0.3, -0.25) is 0 Å². The molecule has 2 unspecified atom stereocenters. The lowest BCUT2D eigenvalue weighted by Gasteiger charge is -2.19. The van der Waals surface area contributed by atoms with Gasteiger partial charge in [0.2, 0.25) is 5.88 Å². The Labute approximate surface area is 108 Å². The van der Waals surface area contributed by atoms with Gasteiger partial charge in [0.25, 0.3) is 0 Å². The van der Waals surface area contributed by atoms with Gasteiger partial charge in [0, 0.05) is 30.2 Å². The van der Waals surface area contributed by atoms with E-state index in [0.29, 0.717) is 17.8 Å². The van der Waals surface area contributed by atoms with E-state index < -0.39 is 0 Å². The van der Waals surface area contributed by atoms with Crippen LogP contribution in [0.5, 0.6) is 5.88 Å². The third-order valence-corrected chi connectivity index (χ3v) is 3.85. The van der Waals surface area contributed by atoms with Crippen molar-refractivity contribution < 1.29 is 4.74 Å². The van der Waals surface area contributed by atoms with E-state index in [-0.39, 0.29) is 0 Å². The third kappa shape index (κ3) is 3.11. The van der Waals surface area contributed by atoms with E-state index in [1.807, 2.05) is 12.1 Å². The van der Waals surface area contributed by atoms with Crippen molar-refractivity contribution in [1.29, 1.82) is 0 Å². The van der Waals surface area contributed by atoms with Crippen LogP contribution in [-0.4, -0.2) is 24.0 Å². The van der Waals surface area contributed by atoms with E-state index in [9.17, 15) is 0 Å². The van der Waals surface area contributed by atoms with Crippen LogP contribution in [0.1, 0.15) is 24.8 Å². The molecule has 1 heterocycles. The minimum atomic E-state index is 0.539. The normalized spacial score (nSPS) is 23.9. The number of nitrogens with one attached hydrogen (secondary N) is 1. The van der Waals surface area contributed by atoms with Crippen molar-refractivity contribution in [3.63, 3.8) is 0 Å². The number of rotatable bonds is 5. The van der Waals surface area contributed by atoms with E-state index >= 15 is 0 Å². The molecule has 0 aliphatic heterocycles. The topological polar surface area (TPSA) is 34.1 Å². The molecular formula is C13H19ClN2O. The van der Waals surface area contributed by atoms with Crippen LogP contribution in [0.4, 0.5) is 0 Å². The van der Waals surface area contributed by atoms with E-state index in [1.54, 1.807) is 13.3 Å². The second kappa shape index (κ2) is 6.22. The molecule has 3 nitrogen and oxygen atoms in total. The predicted molar refractivity (Wildman–Crippen MR) is 69.5 cm³/mol. The molecule has 1 N–H and O–H groups in total. The van der Waals surface area contributed by atoms with Crippen molar-refractivity contribution in [2.24, 2.45) is 5.92 Å². The molecule has 4 heteroatoms. The van der Waals surface area contributed by atoms with Crippen molar-refractivity contribution in [2.75, 3.05) is 13.0 Å². The molecule has 17 heavy (non-hydrogen) atoms. The van der Waals surface area contributed by atoms with Gasteiger partial charge in [0.15, 0.2) is 0 Å². The quantitative estimate of drug-likeness (QED) is 0.821. The summed E-state index contributed by atoms with van der Waals surface area (Å²) in [6.45, 7) is 0.801. The average Bonchev–Trinajstić information content (AvgIpc) is 2.84. The molecule has 1 aromatic rings. The van der Waals surface area contributed by atoms with Crippen LogP contribution in [0.3, 0.4) is 0 Å². The van der Waals surface area contributed by atoms with Crippen LogP contribution in [-0.2, 0) is 6.54 Å². The maximum atomic E-state index is 5.97. The Bertz CT molecular complexity index is 359. The van der Waals surface area contributed by atoms with Gasteiger partial charge in [-0.15, -0.1) is 11.6 Å². The number of hydrogen-bond donors (Lipinski definition) is 1. The first kappa shape index (κ1) is 12.7. The molecule has 1 aromatic heterocycles. The number of methoxy groups -OCH3 is 1. The predicted octanol–water partition coefficient (Wildman–Crippen LogP) is 2.59. The summed E-state index contributed by atoms with van der Waals surface area (Å²) in [6, 6.07) is 4.52. The number of hydrogen-bond acceptors (Lipinski definition) is 3. The number of pyridine rings is 1. The lowest BCUT2D eigenvalue weighted by atomic mass is 10.1. The zero-order valence-corrected chi connectivity index (χ0v) is 10.9. The highest BCUT2D eigenvalue weighted by Gasteiger charge is 2.25. The molecule has 0 amide bonds. The largest absolute Gasteiger partial charge is 0.481 e. The van der Waals surface area contributed by atoms with E-state index in [4.69, 9.17) is 16.3 Å². The summed E-state index contributed by atoms with van der Waals surface area (Å²) in [6.07, 6.45) is 5.49. The van der Waals surface area contributed by atoms with Gasteiger partial charge < -0.3 is 10.1 Å². The minimum Gasteiger partial charge on any atom is -0.481 e. The van der Waals surface area contributed by atoms with Crippen molar-refractivity contribution in [3.8, 4) is 5.88 Å². The number of alkyl halides is 1. The molecule has 0 saturated heterocycles. The molecule has 0 aromatic carbocycles. The number of halogens is 1. The summed E-state index contributed by atoms with van der Waals surface area (Å²) < 4.78 is 5.24. The number of nitrogens with zero attached hydrogens (tertiary/aromatic N) is 1. The van der Waals surface area contributed by atoms with Crippen LogP contribution in [0.25, 0.3) is 0 Å². The van der Waals surface area contributed by atoms with Crippen molar-refractivity contribution >= 4 is 11.6 Å². The van der Waals surface area contributed by atoms with Gasteiger partial charge in [0.1, 0.15) is 0 Å². The summed E-state index contributed by atoms with van der Waals surface area (Å²) in [4.78, 5) is 4.19. The number of ether oxygens (including phenoxy) is 1. The van der Waals surface area contributed by atoms with Gasteiger partial charge in [-0.2, -0.15) is 0 Å². The van der Waals surface area contributed by atoms with Gasteiger partial charge >= 0.3 is 0 Å². The molecule has 1 aliphatic carbocycles. The highest BCUT2D eigenvalue weighted by Crippen LogP contribution is 2.27. The Morgan fingerprint density at radius 1 is 1.53 bits per heavy atom. The summed E-state index contributed by atoms with van der Waals surface area (Å²) in [7, 11) is 1.66. The molecule has 1 fully saturated rings. The van der Waals surface area contributed by atoms with Crippen LogP contribution in [0.15, 0.2) is 18.3 Å². The smallest absolute Gasteiger partial charge is 0.217 e.